The zero-order chi connectivity index (χ0) is 23.1. The van der Waals surface area contributed by atoms with Gasteiger partial charge in [0.05, 0.1) is 25.3 Å². The minimum Gasteiger partial charge on any atom is -0.493 e. The minimum absolute atomic E-state index is 0.127. The molecule has 0 bridgehead atoms. The van der Waals surface area contributed by atoms with Crippen LogP contribution in [-0.4, -0.2) is 44.1 Å². The Kier molecular flexibility index (Phi) is 5.64. The van der Waals surface area contributed by atoms with Gasteiger partial charge in [0.1, 0.15) is 0 Å². The van der Waals surface area contributed by atoms with E-state index < -0.39 is 6.29 Å². The molecule has 0 spiro atoms. The lowest BCUT2D eigenvalue weighted by molar-refractivity contribution is -0.0776. The molecule has 0 fully saturated rings. The first kappa shape index (κ1) is 21.6. The van der Waals surface area contributed by atoms with E-state index in [2.05, 4.69) is 0 Å². The summed E-state index contributed by atoms with van der Waals surface area (Å²) in [6.45, 7) is 0.748. The van der Waals surface area contributed by atoms with Crippen molar-refractivity contribution in [1.82, 2.24) is 4.57 Å². The van der Waals surface area contributed by atoms with Crippen molar-refractivity contribution in [3.63, 3.8) is 0 Å². The Bertz CT molecular complexity index is 1280. The van der Waals surface area contributed by atoms with Crippen LogP contribution < -0.4 is 24.5 Å². The molecular formula is C25H27NO7. The normalized spacial score (nSPS) is 15.0. The number of pyridine rings is 1. The molecule has 8 nitrogen and oxygen atoms in total. The number of hydrogen-bond acceptors (Lipinski definition) is 7. The molecule has 0 radical (unpaired) electrons. The highest BCUT2D eigenvalue weighted by Crippen LogP contribution is 2.44. The van der Waals surface area contributed by atoms with Crippen LogP contribution in [0.15, 0.2) is 29.1 Å². The number of benzene rings is 2. The molecule has 2 aliphatic rings. The lowest BCUT2D eigenvalue weighted by Crippen LogP contribution is -2.24. The number of aliphatic hydroxyl groups is 1. The highest BCUT2D eigenvalue weighted by atomic mass is 16.7. The minimum atomic E-state index is -0.908. The molecule has 0 aliphatic carbocycles. The highest BCUT2D eigenvalue weighted by Gasteiger charge is 2.28. The van der Waals surface area contributed by atoms with E-state index in [1.165, 1.54) is 14.2 Å². The van der Waals surface area contributed by atoms with Gasteiger partial charge in [0.15, 0.2) is 29.3 Å². The topological polar surface area (TPSA) is 88.4 Å². The Hall–Kier alpha value is -3.23. The molecule has 2 aliphatic heterocycles. The van der Waals surface area contributed by atoms with Crippen LogP contribution in [0.1, 0.15) is 24.0 Å². The maximum Gasteiger partial charge on any atom is 0.262 e. The second-order valence-corrected chi connectivity index (χ2v) is 8.20. The second kappa shape index (κ2) is 8.61. The Morgan fingerprint density at radius 3 is 2.64 bits per heavy atom. The summed E-state index contributed by atoms with van der Waals surface area (Å²) in [7, 11) is 4.57. The molecule has 0 amide bonds. The third kappa shape index (κ3) is 3.50. The average molecular weight is 453 g/mol. The van der Waals surface area contributed by atoms with Crippen LogP contribution in [0, 0.1) is 0 Å². The van der Waals surface area contributed by atoms with Gasteiger partial charge in [-0.1, -0.05) is 0 Å². The summed E-state index contributed by atoms with van der Waals surface area (Å²) in [5.74, 6) is 2.32. The van der Waals surface area contributed by atoms with E-state index in [0.717, 1.165) is 46.4 Å². The van der Waals surface area contributed by atoms with Gasteiger partial charge in [0.25, 0.3) is 5.56 Å². The van der Waals surface area contributed by atoms with E-state index in [1.807, 2.05) is 28.8 Å². The summed E-state index contributed by atoms with van der Waals surface area (Å²) in [6, 6.07) is 7.69. The van der Waals surface area contributed by atoms with E-state index in [-0.39, 0.29) is 12.4 Å². The molecule has 174 valence electrons. The lowest BCUT2D eigenvalue weighted by atomic mass is 9.92. The van der Waals surface area contributed by atoms with Crippen LogP contribution >= 0.6 is 0 Å². The molecule has 1 atom stereocenters. The standard InChI is InChI=1S/C25H27NO7/c1-29-18-8-6-15-16(7-9-21(27)30-2)23-17-12-20-19(32-13-33-20)11-14(17)5-4-10-26(23)25(28)22(15)24(18)31-3/h6,8,11-12,21,27H,4-5,7,9-10,13H2,1-3H3. The van der Waals surface area contributed by atoms with Crippen molar-refractivity contribution in [2.75, 3.05) is 28.1 Å². The SMILES string of the molecule is COc1ccc2c(CCC(O)OC)c3n(c(=O)c2c1OC)CCCc1cc2c(cc1-3)OCO2. The van der Waals surface area contributed by atoms with Gasteiger partial charge in [-0.3, -0.25) is 4.79 Å². The maximum absolute atomic E-state index is 13.9. The number of rotatable bonds is 6. The van der Waals surface area contributed by atoms with Crippen LogP contribution in [0.3, 0.4) is 0 Å². The van der Waals surface area contributed by atoms with Crippen LogP contribution in [0.2, 0.25) is 0 Å². The number of aliphatic hydroxyl groups excluding tert-OH is 1. The lowest BCUT2D eigenvalue weighted by Gasteiger charge is -2.22. The van der Waals surface area contributed by atoms with Gasteiger partial charge in [-0.2, -0.15) is 0 Å². The van der Waals surface area contributed by atoms with Gasteiger partial charge < -0.3 is 33.4 Å². The maximum atomic E-state index is 13.9. The summed E-state index contributed by atoms with van der Waals surface area (Å²) in [4.78, 5) is 13.9. The van der Waals surface area contributed by atoms with Crippen molar-refractivity contribution >= 4 is 10.8 Å². The number of aryl methyl sites for hydroxylation is 2. The molecular weight excluding hydrogens is 426 g/mol. The van der Waals surface area contributed by atoms with Crippen LogP contribution in [-0.2, 0) is 24.1 Å². The van der Waals surface area contributed by atoms with Gasteiger partial charge in [-0.05, 0) is 60.0 Å². The second-order valence-electron chi connectivity index (χ2n) is 8.20. The van der Waals surface area contributed by atoms with Crippen molar-refractivity contribution in [1.29, 1.82) is 0 Å². The molecule has 1 N–H and O–H groups in total. The predicted octanol–water partition coefficient (Wildman–Crippen LogP) is 3.26. The summed E-state index contributed by atoms with van der Waals surface area (Å²) in [6.07, 6.45) is 1.59. The molecule has 5 rings (SSSR count). The van der Waals surface area contributed by atoms with Crippen molar-refractivity contribution in [3.05, 3.63) is 45.7 Å². The van der Waals surface area contributed by atoms with E-state index in [9.17, 15) is 9.90 Å². The number of ether oxygens (including phenoxy) is 5. The molecule has 0 saturated carbocycles. The zero-order valence-electron chi connectivity index (χ0n) is 19.0. The number of nitrogens with zero attached hydrogens (tertiary/aromatic N) is 1. The Morgan fingerprint density at radius 1 is 1.12 bits per heavy atom. The smallest absolute Gasteiger partial charge is 0.262 e. The Morgan fingerprint density at radius 2 is 1.91 bits per heavy atom. The summed E-state index contributed by atoms with van der Waals surface area (Å²) in [5, 5.41) is 11.4. The number of aromatic nitrogens is 1. The molecule has 3 heterocycles. The quantitative estimate of drug-likeness (QED) is 0.573. The molecule has 8 heteroatoms. The fourth-order valence-corrected chi connectivity index (χ4v) is 4.92. The summed E-state index contributed by atoms with van der Waals surface area (Å²) >= 11 is 0. The third-order valence-corrected chi connectivity index (χ3v) is 6.48. The van der Waals surface area contributed by atoms with E-state index in [1.54, 1.807) is 7.11 Å². The number of fused-ring (bicyclic) bond motifs is 5. The first-order valence-corrected chi connectivity index (χ1v) is 11.0. The van der Waals surface area contributed by atoms with Crippen molar-refractivity contribution < 1.29 is 28.8 Å². The van der Waals surface area contributed by atoms with Gasteiger partial charge >= 0.3 is 0 Å². The fourth-order valence-electron chi connectivity index (χ4n) is 4.92. The van der Waals surface area contributed by atoms with Crippen LogP contribution in [0.5, 0.6) is 23.0 Å². The largest absolute Gasteiger partial charge is 0.493 e. The van der Waals surface area contributed by atoms with Gasteiger partial charge in [-0.15, -0.1) is 0 Å². The van der Waals surface area contributed by atoms with E-state index in [0.29, 0.717) is 42.0 Å². The van der Waals surface area contributed by atoms with Crippen molar-refractivity contribution in [3.8, 4) is 34.3 Å². The van der Waals surface area contributed by atoms with Crippen molar-refractivity contribution in [2.45, 2.75) is 38.5 Å². The number of hydrogen-bond donors (Lipinski definition) is 1. The van der Waals surface area contributed by atoms with Crippen molar-refractivity contribution in [2.24, 2.45) is 0 Å². The first-order valence-electron chi connectivity index (χ1n) is 11.0. The molecule has 0 saturated heterocycles. The monoisotopic (exact) mass is 453 g/mol. The Balaban J connectivity index is 1.86. The molecule has 3 aromatic rings. The van der Waals surface area contributed by atoms with E-state index >= 15 is 0 Å². The number of methoxy groups -OCH3 is 3. The predicted molar refractivity (Wildman–Crippen MR) is 123 cm³/mol. The first-order chi connectivity index (χ1) is 16.1. The van der Waals surface area contributed by atoms with Crippen LogP contribution in [0.4, 0.5) is 0 Å². The average Bonchev–Trinajstić information content (AvgIpc) is 3.21. The van der Waals surface area contributed by atoms with Gasteiger partial charge in [-0.25, -0.2) is 0 Å². The molecule has 33 heavy (non-hydrogen) atoms. The summed E-state index contributed by atoms with van der Waals surface area (Å²) < 4.78 is 29.3. The van der Waals surface area contributed by atoms with Crippen LogP contribution in [0.25, 0.3) is 22.0 Å². The van der Waals surface area contributed by atoms with Gasteiger partial charge in [0, 0.05) is 25.6 Å². The summed E-state index contributed by atoms with van der Waals surface area (Å²) in [5.41, 5.74) is 3.72. The Labute approximate surface area is 191 Å². The molecule has 1 aromatic heterocycles. The van der Waals surface area contributed by atoms with E-state index in [4.69, 9.17) is 23.7 Å². The molecule has 2 aromatic carbocycles. The fraction of sp³-hybridized carbons (Fsp3) is 0.400. The molecule has 1 unspecified atom stereocenters. The highest BCUT2D eigenvalue weighted by molar-refractivity contribution is 5.96. The third-order valence-electron chi connectivity index (χ3n) is 6.48. The zero-order valence-corrected chi connectivity index (χ0v) is 19.0. The van der Waals surface area contributed by atoms with Gasteiger partial charge in [0.2, 0.25) is 6.79 Å².